The van der Waals surface area contributed by atoms with Gasteiger partial charge in [0.1, 0.15) is 0 Å². The van der Waals surface area contributed by atoms with Crippen LogP contribution in [0.4, 0.5) is 0 Å². The molecule has 25 heavy (non-hydrogen) atoms. The van der Waals surface area contributed by atoms with Crippen LogP contribution in [0.15, 0.2) is 0 Å². The van der Waals surface area contributed by atoms with Gasteiger partial charge in [-0.1, -0.05) is 104 Å². The zero-order chi connectivity index (χ0) is 19.0. The number of hydrogen-bond acceptors (Lipinski definition) is 3. The molecule has 0 aromatic carbocycles. The molecule has 0 aromatic heterocycles. The van der Waals surface area contributed by atoms with E-state index in [1.54, 1.807) is 0 Å². The van der Waals surface area contributed by atoms with Crippen molar-refractivity contribution in [3.8, 4) is 0 Å². The number of unbranched alkanes of at least 4 members (excludes halogenated alkanes) is 8. The summed E-state index contributed by atoms with van der Waals surface area (Å²) >= 11 is 9.80. The van der Waals surface area contributed by atoms with Gasteiger partial charge < -0.3 is 9.05 Å². The Balaban J connectivity index is 3.39. The van der Waals surface area contributed by atoms with Crippen LogP contribution >= 0.6 is 17.9 Å². The minimum absolute atomic E-state index is 0.695. The van der Waals surface area contributed by atoms with Crippen molar-refractivity contribution < 1.29 is 9.05 Å². The van der Waals surface area contributed by atoms with Crippen LogP contribution in [0.25, 0.3) is 0 Å². The first-order valence-corrected chi connectivity index (χ1v) is 14.2. The molecule has 0 saturated carbocycles. The minimum atomic E-state index is -2.31. The van der Waals surface area contributed by atoms with E-state index in [1.807, 2.05) is 0 Å². The van der Waals surface area contributed by atoms with Crippen LogP contribution in [0.5, 0.6) is 0 Å². The summed E-state index contributed by atoms with van der Waals surface area (Å²) < 4.78 is 11.4. The van der Waals surface area contributed by atoms with Crippen molar-refractivity contribution in [2.45, 2.75) is 105 Å². The Labute approximate surface area is 168 Å². The molecule has 2 nitrogen and oxygen atoms in total. The van der Waals surface area contributed by atoms with Gasteiger partial charge in [0.2, 0.25) is 5.69 Å². The summed E-state index contributed by atoms with van der Waals surface area (Å²) in [5.41, 5.74) is -2.31. The Morgan fingerprint density at radius 1 is 0.640 bits per heavy atom. The summed E-state index contributed by atoms with van der Waals surface area (Å²) in [6.45, 7) is 10.6. The Bertz CT molecular complexity index is 308. The van der Waals surface area contributed by atoms with Crippen molar-refractivity contribution in [3.05, 3.63) is 0 Å². The highest BCUT2D eigenvalue weighted by atomic mass is 32.9. The van der Waals surface area contributed by atoms with E-state index in [2.05, 4.69) is 39.9 Å². The summed E-state index contributed by atoms with van der Waals surface area (Å²) in [6.07, 6.45) is 15.2. The molecule has 0 bridgehead atoms. The summed E-state index contributed by atoms with van der Waals surface area (Å²) in [7, 11) is 0. The topological polar surface area (TPSA) is 18.5 Å². The fraction of sp³-hybridized carbons (Fsp3) is 1.00. The van der Waals surface area contributed by atoms with Gasteiger partial charge in [0.05, 0.1) is 13.2 Å². The highest BCUT2D eigenvalue weighted by Gasteiger charge is 2.12. The molecule has 0 N–H and O–H groups in total. The average Bonchev–Trinajstić information content (AvgIpc) is 2.51. The van der Waals surface area contributed by atoms with E-state index in [-0.39, 0.29) is 0 Å². The van der Waals surface area contributed by atoms with Crippen LogP contribution in [0.1, 0.15) is 105 Å². The van der Waals surface area contributed by atoms with Crippen LogP contribution in [-0.4, -0.2) is 13.2 Å². The molecule has 0 rings (SSSR count). The van der Waals surface area contributed by atoms with E-state index < -0.39 is 5.69 Å². The summed E-state index contributed by atoms with van der Waals surface area (Å²) in [4.78, 5) is 0. The monoisotopic (exact) mass is 410 g/mol. The molecule has 0 aromatic rings. The van der Waals surface area contributed by atoms with Gasteiger partial charge >= 0.3 is 0 Å². The highest BCUT2D eigenvalue weighted by molar-refractivity contribution is 8.60. The molecule has 0 unspecified atom stereocenters. The molecule has 0 aliphatic rings. The number of rotatable bonds is 18. The van der Waals surface area contributed by atoms with Crippen molar-refractivity contribution in [1.29, 1.82) is 0 Å². The van der Waals surface area contributed by atoms with Crippen molar-refractivity contribution in [1.82, 2.24) is 0 Å². The molecule has 0 fully saturated rings. The van der Waals surface area contributed by atoms with Gasteiger partial charge in [0, 0.05) is 0 Å². The molecule has 152 valence electrons. The third-order valence-electron chi connectivity index (χ3n) is 4.36. The molecule has 0 radical (unpaired) electrons. The van der Waals surface area contributed by atoms with Crippen LogP contribution in [0, 0.1) is 11.8 Å². The smallest absolute Gasteiger partial charge is 0.244 e. The Kier molecular flexibility index (Phi) is 17.7. The normalized spacial score (nSPS) is 12.4. The van der Waals surface area contributed by atoms with Crippen molar-refractivity contribution in [2.24, 2.45) is 11.8 Å². The van der Waals surface area contributed by atoms with Gasteiger partial charge in [-0.25, -0.2) is 0 Å². The van der Waals surface area contributed by atoms with Gasteiger partial charge in [-0.15, -0.1) is 0 Å². The Morgan fingerprint density at radius 2 is 0.960 bits per heavy atom. The molecule has 5 heteroatoms. The zero-order valence-electron chi connectivity index (χ0n) is 17.2. The quantitative estimate of drug-likeness (QED) is 0.140. The van der Waals surface area contributed by atoms with Crippen LogP contribution in [0.2, 0.25) is 0 Å². The summed E-state index contributed by atoms with van der Waals surface area (Å²) in [6, 6.07) is 0. The van der Waals surface area contributed by atoms with Crippen molar-refractivity contribution in [2.75, 3.05) is 13.2 Å². The van der Waals surface area contributed by atoms with Gasteiger partial charge in [-0.05, 0) is 36.5 Å². The van der Waals surface area contributed by atoms with Crippen molar-refractivity contribution in [3.63, 3.8) is 0 Å². The first kappa shape index (κ1) is 25.9. The predicted molar refractivity (Wildman–Crippen MR) is 120 cm³/mol. The summed E-state index contributed by atoms with van der Waals surface area (Å²) in [5.74, 6) is 1.66. The maximum absolute atomic E-state index is 5.71. The lowest BCUT2D eigenvalue weighted by Gasteiger charge is -2.16. The molecule has 0 spiro atoms. The second kappa shape index (κ2) is 17.0. The molecule has 0 heterocycles. The van der Waals surface area contributed by atoms with Crippen molar-refractivity contribution >= 4 is 29.7 Å². The van der Waals surface area contributed by atoms with Crippen LogP contribution in [-0.2, 0) is 20.9 Å². The molecular formula is C20H43O2PS2. The average molecular weight is 411 g/mol. The first-order valence-electron chi connectivity index (χ1n) is 10.5. The van der Waals surface area contributed by atoms with E-state index in [1.165, 1.54) is 64.2 Å². The van der Waals surface area contributed by atoms with E-state index in [0.29, 0.717) is 13.2 Å². The number of thiol groups is 1. The maximum atomic E-state index is 5.71. The molecule has 0 aliphatic carbocycles. The summed E-state index contributed by atoms with van der Waals surface area (Å²) in [5, 5.41) is 0. The van der Waals surface area contributed by atoms with Gasteiger partial charge in [0.15, 0.2) is 0 Å². The number of hydrogen-bond donors (Lipinski definition) is 1. The molecule has 0 saturated heterocycles. The fourth-order valence-electron chi connectivity index (χ4n) is 2.77. The second-order valence-electron chi connectivity index (χ2n) is 8.04. The SMILES string of the molecule is CC(C)CCCCCCCOP(=S)(S)OCCCCCCCC(C)C. The van der Waals surface area contributed by atoms with Gasteiger partial charge in [0.25, 0.3) is 0 Å². The standard InChI is InChI=1S/C20H43O2PS2/c1-19(2)15-11-7-5-9-13-17-21-23(24,25)22-18-14-10-6-8-12-16-20(3)4/h19-20H,5-18H2,1-4H3,(H,24,25). The lowest BCUT2D eigenvalue weighted by Crippen LogP contribution is -1.96. The van der Waals surface area contributed by atoms with E-state index >= 15 is 0 Å². The fourth-order valence-corrected chi connectivity index (χ4v) is 4.50. The van der Waals surface area contributed by atoms with E-state index in [0.717, 1.165) is 24.7 Å². The van der Waals surface area contributed by atoms with Crippen LogP contribution < -0.4 is 0 Å². The molecular weight excluding hydrogens is 367 g/mol. The Hall–Kier alpha value is 0.920. The zero-order valence-corrected chi connectivity index (χ0v) is 19.8. The first-order chi connectivity index (χ1) is 11.8. The van der Waals surface area contributed by atoms with E-state index in [9.17, 15) is 0 Å². The molecule has 0 aliphatic heterocycles. The van der Waals surface area contributed by atoms with E-state index in [4.69, 9.17) is 20.9 Å². The molecule has 0 atom stereocenters. The van der Waals surface area contributed by atoms with Crippen LogP contribution in [0.3, 0.4) is 0 Å². The highest BCUT2D eigenvalue weighted by Crippen LogP contribution is 2.53. The second-order valence-corrected chi connectivity index (χ2v) is 13.3. The van der Waals surface area contributed by atoms with Gasteiger partial charge in [-0.2, -0.15) is 0 Å². The molecule has 0 amide bonds. The van der Waals surface area contributed by atoms with Gasteiger partial charge in [-0.3, -0.25) is 0 Å². The maximum Gasteiger partial charge on any atom is 0.244 e. The minimum Gasteiger partial charge on any atom is -0.322 e. The Morgan fingerprint density at radius 3 is 1.32 bits per heavy atom. The predicted octanol–water partition coefficient (Wildman–Crippen LogP) is 8.17. The third kappa shape index (κ3) is 21.1. The lowest BCUT2D eigenvalue weighted by molar-refractivity contribution is 0.249. The third-order valence-corrected chi connectivity index (χ3v) is 6.70. The largest absolute Gasteiger partial charge is 0.322 e. The lowest BCUT2D eigenvalue weighted by atomic mass is 10.0.